The van der Waals surface area contributed by atoms with Crippen LogP contribution < -0.4 is 10.1 Å². The fraction of sp³-hybridized carbons (Fsp3) is 0.643. The van der Waals surface area contributed by atoms with Crippen molar-refractivity contribution >= 4 is 11.8 Å². The second-order valence-electron chi connectivity index (χ2n) is 5.44. The maximum Gasteiger partial charge on any atom is 0.306 e. The van der Waals surface area contributed by atoms with Crippen LogP contribution in [-0.2, 0) is 4.79 Å². The second kappa shape index (κ2) is 6.54. The number of ether oxygens (including phenoxy) is 1. The van der Waals surface area contributed by atoms with Gasteiger partial charge in [0.1, 0.15) is 5.82 Å². The Balaban J connectivity index is 1.89. The van der Waals surface area contributed by atoms with Gasteiger partial charge >= 0.3 is 5.97 Å². The molecule has 0 radical (unpaired) electrons. The predicted octanol–water partition coefficient (Wildman–Crippen LogP) is 2.32. The fourth-order valence-electron chi connectivity index (χ4n) is 2.41. The van der Waals surface area contributed by atoms with Crippen molar-refractivity contribution < 1.29 is 14.6 Å². The lowest BCUT2D eigenvalue weighted by Crippen LogP contribution is -2.29. The number of anilines is 1. The number of aliphatic carboxylic acids is 1. The monoisotopic (exact) mass is 279 g/mol. The maximum absolute atomic E-state index is 10.9. The first-order chi connectivity index (χ1) is 9.54. The minimum atomic E-state index is -0.685. The summed E-state index contributed by atoms with van der Waals surface area (Å²) in [6.45, 7) is 3.88. The van der Waals surface area contributed by atoms with Crippen molar-refractivity contribution in [3.63, 3.8) is 0 Å². The van der Waals surface area contributed by atoms with Crippen LogP contribution in [0.25, 0.3) is 0 Å². The SMILES string of the molecule is CC(C)Oc1cncc(NC2CCC(C(=O)O)CC2)n1. The molecule has 1 fully saturated rings. The highest BCUT2D eigenvalue weighted by Crippen LogP contribution is 2.26. The molecule has 2 N–H and O–H groups in total. The van der Waals surface area contributed by atoms with Crippen LogP contribution in [0, 0.1) is 5.92 Å². The molecule has 0 unspecified atom stereocenters. The zero-order valence-electron chi connectivity index (χ0n) is 11.9. The largest absolute Gasteiger partial charge is 0.481 e. The summed E-state index contributed by atoms with van der Waals surface area (Å²) in [6.07, 6.45) is 6.42. The van der Waals surface area contributed by atoms with E-state index in [1.165, 1.54) is 0 Å². The van der Waals surface area contributed by atoms with Crippen LogP contribution in [0.5, 0.6) is 5.88 Å². The molecule has 1 aromatic heterocycles. The van der Waals surface area contributed by atoms with E-state index >= 15 is 0 Å². The third-order valence-corrected chi connectivity index (χ3v) is 3.40. The number of carboxylic acids is 1. The first-order valence-corrected chi connectivity index (χ1v) is 7.02. The molecule has 0 amide bonds. The van der Waals surface area contributed by atoms with E-state index in [9.17, 15) is 4.79 Å². The first kappa shape index (κ1) is 14.6. The lowest BCUT2D eigenvalue weighted by Gasteiger charge is -2.27. The van der Waals surface area contributed by atoms with E-state index in [0.29, 0.717) is 24.5 Å². The van der Waals surface area contributed by atoms with Crippen LogP contribution >= 0.6 is 0 Å². The molecule has 0 spiro atoms. The molecule has 0 bridgehead atoms. The van der Waals surface area contributed by atoms with Crippen molar-refractivity contribution in [2.45, 2.75) is 51.7 Å². The van der Waals surface area contributed by atoms with Gasteiger partial charge in [0.05, 0.1) is 24.4 Å². The Morgan fingerprint density at radius 3 is 2.65 bits per heavy atom. The highest BCUT2D eigenvalue weighted by atomic mass is 16.5. The Bertz CT molecular complexity index is 457. The lowest BCUT2D eigenvalue weighted by molar-refractivity contribution is -0.142. The summed E-state index contributed by atoms with van der Waals surface area (Å²) in [6, 6.07) is 0.259. The second-order valence-corrected chi connectivity index (χ2v) is 5.44. The molecule has 20 heavy (non-hydrogen) atoms. The van der Waals surface area contributed by atoms with Gasteiger partial charge < -0.3 is 15.2 Å². The number of aromatic nitrogens is 2. The fourth-order valence-corrected chi connectivity index (χ4v) is 2.41. The third-order valence-electron chi connectivity index (χ3n) is 3.40. The molecule has 6 heteroatoms. The molecule has 0 atom stereocenters. The van der Waals surface area contributed by atoms with E-state index in [-0.39, 0.29) is 18.1 Å². The average Bonchev–Trinajstić information content (AvgIpc) is 2.39. The van der Waals surface area contributed by atoms with Crippen molar-refractivity contribution in [1.82, 2.24) is 9.97 Å². The van der Waals surface area contributed by atoms with Crippen LogP contribution in [0.4, 0.5) is 5.82 Å². The number of carboxylic acid groups (broad SMARTS) is 1. The lowest BCUT2D eigenvalue weighted by atomic mass is 9.86. The van der Waals surface area contributed by atoms with Crippen LogP contribution in [0.3, 0.4) is 0 Å². The molecule has 1 aromatic rings. The Hall–Kier alpha value is -1.85. The molecule has 1 aliphatic carbocycles. The minimum absolute atomic E-state index is 0.0607. The Labute approximate surface area is 118 Å². The summed E-state index contributed by atoms with van der Waals surface area (Å²) in [5, 5.41) is 12.3. The number of carbonyl (C=O) groups is 1. The number of nitrogens with zero attached hydrogens (tertiary/aromatic N) is 2. The molecule has 1 aliphatic rings. The van der Waals surface area contributed by atoms with Gasteiger partial charge in [-0.05, 0) is 39.5 Å². The minimum Gasteiger partial charge on any atom is -0.481 e. The normalized spacial score (nSPS) is 22.6. The molecular weight excluding hydrogens is 258 g/mol. The van der Waals surface area contributed by atoms with Gasteiger partial charge in [-0.3, -0.25) is 9.78 Å². The van der Waals surface area contributed by atoms with Gasteiger partial charge in [-0.2, -0.15) is 4.98 Å². The van der Waals surface area contributed by atoms with E-state index in [0.717, 1.165) is 12.8 Å². The van der Waals surface area contributed by atoms with Crippen LogP contribution in [0.1, 0.15) is 39.5 Å². The quantitative estimate of drug-likeness (QED) is 0.860. The van der Waals surface area contributed by atoms with E-state index in [1.54, 1.807) is 12.4 Å². The van der Waals surface area contributed by atoms with Crippen molar-refractivity contribution in [1.29, 1.82) is 0 Å². The topological polar surface area (TPSA) is 84.3 Å². The average molecular weight is 279 g/mol. The number of hydrogen-bond acceptors (Lipinski definition) is 5. The molecular formula is C14H21N3O3. The Kier molecular flexibility index (Phi) is 4.76. The molecule has 0 aromatic carbocycles. The Morgan fingerprint density at radius 2 is 2.05 bits per heavy atom. The van der Waals surface area contributed by atoms with Crippen LogP contribution in [0.15, 0.2) is 12.4 Å². The van der Waals surface area contributed by atoms with Gasteiger partial charge in [0.15, 0.2) is 0 Å². The van der Waals surface area contributed by atoms with Crippen LogP contribution in [0.2, 0.25) is 0 Å². The number of rotatable bonds is 5. The summed E-state index contributed by atoms with van der Waals surface area (Å²) in [4.78, 5) is 19.4. The molecule has 1 heterocycles. The number of hydrogen-bond donors (Lipinski definition) is 2. The summed E-state index contributed by atoms with van der Waals surface area (Å²) >= 11 is 0. The summed E-state index contributed by atoms with van der Waals surface area (Å²) in [7, 11) is 0. The van der Waals surface area contributed by atoms with Crippen molar-refractivity contribution in [2.75, 3.05) is 5.32 Å². The molecule has 1 saturated carbocycles. The Morgan fingerprint density at radius 1 is 1.35 bits per heavy atom. The van der Waals surface area contributed by atoms with Crippen molar-refractivity contribution in [3.8, 4) is 5.88 Å². The first-order valence-electron chi connectivity index (χ1n) is 7.02. The van der Waals surface area contributed by atoms with Gasteiger partial charge in [-0.15, -0.1) is 0 Å². The van der Waals surface area contributed by atoms with Gasteiger partial charge in [0.2, 0.25) is 5.88 Å². The summed E-state index contributed by atoms with van der Waals surface area (Å²) in [5.74, 6) is 0.302. The molecule has 0 aliphatic heterocycles. The zero-order valence-corrected chi connectivity index (χ0v) is 11.9. The van der Waals surface area contributed by atoms with E-state index in [1.807, 2.05) is 13.8 Å². The molecule has 6 nitrogen and oxygen atoms in total. The molecule has 110 valence electrons. The standard InChI is InChI=1S/C14H21N3O3/c1-9(2)20-13-8-15-7-12(17-13)16-11-5-3-10(4-6-11)14(18)19/h7-11H,3-6H2,1-2H3,(H,16,17)(H,18,19). The molecule has 2 rings (SSSR count). The van der Waals surface area contributed by atoms with E-state index in [4.69, 9.17) is 9.84 Å². The highest BCUT2D eigenvalue weighted by Gasteiger charge is 2.26. The molecule has 0 saturated heterocycles. The summed E-state index contributed by atoms with van der Waals surface area (Å²) in [5.41, 5.74) is 0. The van der Waals surface area contributed by atoms with Crippen LogP contribution in [-0.4, -0.2) is 33.2 Å². The third kappa shape index (κ3) is 4.08. The van der Waals surface area contributed by atoms with Gasteiger partial charge in [-0.1, -0.05) is 0 Å². The zero-order chi connectivity index (χ0) is 14.5. The number of nitrogens with one attached hydrogen (secondary N) is 1. The smallest absolute Gasteiger partial charge is 0.306 e. The van der Waals surface area contributed by atoms with Crippen molar-refractivity contribution in [2.24, 2.45) is 5.92 Å². The van der Waals surface area contributed by atoms with Crippen molar-refractivity contribution in [3.05, 3.63) is 12.4 Å². The van der Waals surface area contributed by atoms with Gasteiger partial charge in [0.25, 0.3) is 0 Å². The van der Waals surface area contributed by atoms with E-state index < -0.39 is 5.97 Å². The summed E-state index contributed by atoms with van der Waals surface area (Å²) < 4.78 is 5.50. The van der Waals surface area contributed by atoms with Gasteiger partial charge in [-0.25, -0.2) is 0 Å². The highest BCUT2D eigenvalue weighted by molar-refractivity contribution is 5.70. The van der Waals surface area contributed by atoms with Gasteiger partial charge in [0, 0.05) is 6.04 Å². The van der Waals surface area contributed by atoms with E-state index in [2.05, 4.69) is 15.3 Å². The predicted molar refractivity (Wildman–Crippen MR) is 74.8 cm³/mol. The maximum atomic E-state index is 10.9.